The third-order valence-electron chi connectivity index (χ3n) is 2.10. The van der Waals surface area contributed by atoms with Gasteiger partial charge < -0.3 is 0 Å². The molecule has 0 unspecified atom stereocenters. The Labute approximate surface area is 110 Å². The predicted octanol–water partition coefficient (Wildman–Crippen LogP) is 5.50. The zero-order valence-corrected chi connectivity index (χ0v) is 11.5. The number of alkyl halides is 3. The first-order valence-corrected chi connectivity index (χ1v) is 6.83. The lowest BCUT2D eigenvalue weighted by Crippen LogP contribution is -2.09. The molecule has 0 saturated heterocycles. The Morgan fingerprint density at radius 3 is 2.47 bits per heavy atom. The van der Waals surface area contributed by atoms with E-state index >= 15 is 0 Å². The first-order valence-electron chi connectivity index (χ1n) is 5.06. The summed E-state index contributed by atoms with van der Waals surface area (Å²) < 4.78 is 51.5. The maximum Gasteiger partial charge on any atom is 0.419 e. The van der Waals surface area contributed by atoms with E-state index in [4.69, 9.17) is 0 Å². The third kappa shape index (κ3) is 3.88. The molecule has 1 rings (SSSR count). The van der Waals surface area contributed by atoms with Crippen molar-refractivity contribution in [3.05, 3.63) is 28.0 Å². The van der Waals surface area contributed by atoms with Crippen LogP contribution in [-0.2, 0) is 6.18 Å². The van der Waals surface area contributed by atoms with Gasteiger partial charge >= 0.3 is 6.18 Å². The van der Waals surface area contributed by atoms with Gasteiger partial charge in [0.15, 0.2) is 0 Å². The summed E-state index contributed by atoms with van der Waals surface area (Å²) in [4.78, 5) is 0.0354. The fourth-order valence-corrected chi connectivity index (χ4v) is 2.93. The van der Waals surface area contributed by atoms with Crippen molar-refractivity contribution >= 4 is 27.7 Å². The largest absolute Gasteiger partial charge is 0.419 e. The molecule has 0 aliphatic heterocycles. The molecule has 0 N–H and O–H groups in total. The van der Waals surface area contributed by atoms with Gasteiger partial charge in [-0.25, -0.2) is 4.39 Å². The van der Waals surface area contributed by atoms with Crippen LogP contribution in [0.3, 0.4) is 0 Å². The lowest BCUT2D eigenvalue weighted by atomic mass is 10.2. The standard InChI is InChI=1S/C11H11BrF4S/c1-2-3-6-17-10-8(12)5-4-7(9(10)13)11(14,15)16/h4-5H,2-3,6H2,1H3. The molecule has 0 radical (unpaired) electrons. The summed E-state index contributed by atoms with van der Waals surface area (Å²) in [5.74, 6) is -0.583. The van der Waals surface area contributed by atoms with Gasteiger partial charge in [-0.3, -0.25) is 0 Å². The third-order valence-corrected chi connectivity index (χ3v) is 4.20. The van der Waals surface area contributed by atoms with Crippen LogP contribution in [0.15, 0.2) is 21.5 Å². The van der Waals surface area contributed by atoms with Crippen molar-refractivity contribution in [2.75, 3.05) is 5.75 Å². The Balaban J connectivity index is 3.03. The highest BCUT2D eigenvalue weighted by atomic mass is 79.9. The summed E-state index contributed by atoms with van der Waals surface area (Å²) >= 11 is 4.18. The fourth-order valence-electron chi connectivity index (χ4n) is 1.20. The van der Waals surface area contributed by atoms with Gasteiger partial charge in [0.25, 0.3) is 0 Å². The minimum atomic E-state index is -4.65. The van der Waals surface area contributed by atoms with Gasteiger partial charge in [-0.05, 0) is 40.2 Å². The second-order valence-corrected chi connectivity index (χ2v) is 5.40. The van der Waals surface area contributed by atoms with E-state index in [2.05, 4.69) is 15.9 Å². The van der Waals surface area contributed by atoms with Crippen molar-refractivity contribution in [3.8, 4) is 0 Å². The van der Waals surface area contributed by atoms with Crippen molar-refractivity contribution in [1.29, 1.82) is 0 Å². The van der Waals surface area contributed by atoms with Gasteiger partial charge in [-0.15, -0.1) is 11.8 Å². The van der Waals surface area contributed by atoms with E-state index in [1.807, 2.05) is 6.92 Å². The molecule has 0 atom stereocenters. The molecular formula is C11H11BrF4S. The molecule has 0 spiro atoms. The molecule has 0 aliphatic rings. The smallest absolute Gasteiger partial charge is 0.205 e. The van der Waals surface area contributed by atoms with Crippen molar-refractivity contribution in [2.24, 2.45) is 0 Å². The summed E-state index contributed by atoms with van der Waals surface area (Å²) in [6, 6.07) is 1.99. The molecular weight excluding hydrogens is 320 g/mol. The average Bonchev–Trinajstić information content (AvgIpc) is 2.21. The number of halogens is 5. The van der Waals surface area contributed by atoms with Crippen molar-refractivity contribution in [1.82, 2.24) is 0 Å². The maximum absolute atomic E-state index is 13.7. The zero-order chi connectivity index (χ0) is 13.1. The molecule has 96 valence electrons. The Bertz CT molecular complexity index is 390. The van der Waals surface area contributed by atoms with Crippen LogP contribution in [0, 0.1) is 5.82 Å². The number of thioether (sulfide) groups is 1. The highest BCUT2D eigenvalue weighted by Crippen LogP contribution is 2.39. The van der Waals surface area contributed by atoms with Crippen molar-refractivity contribution in [2.45, 2.75) is 30.8 Å². The van der Waals surface area contributed by atoms with Crippen molar-refractivity contribution in [3.63, 3.8) is 0 Å². The molecule has 0 fully saturated rings. The monoisotopic (exact) mass is 330 g/mol. The van der Waals surface area contributed by atoms with Gasteiger partial charge in [0.2, 0.25) is 0 Å². The molecule has 0 nitrogen and oxygen atoms in total. The van der Waals surface area contributed by atoms with Gasteiger partial charge in [-0.2, -0.15) is 13.2 Å². The predicted molar refractivity (Wildman–Crippen MR) is 64.7 cm³/mol. The molecule has 0 saturated carbocycles. The maximum atomic E-state index is 13.7. The van der Waals surface area contributed by atoms with E-state index in [1.165, 1.54) is 6.07 Å². The van der Waals surface area contributed by atoms with Crippen LogP contribution in [0.25, 0.3) is 0 Å². The van der Waals surface area contributed by atoms with E-state index in [-0.39, 0.29) is 4.90 Å². The molecule has 0 heterocycles. The highest BCUT2D eigenvalue weighted by Gasteiger charge is 2.35. The van der Waals surface area contributed by atoms with Crippen LogP contribution in [0.4, 0.5) is 17.6 Å². The van der Waals surface area contributed by atoms with Crippen LogP contribution in [0.1, 0.15) is 25.3 Å². The minimum Gasteiger partial charge on any atom is -0.205 e. The van der Waals surface area contributed by atoms with Crippen LogP contribution >= 0.6 is 27.7 Å². The molecule has 1 aromatic carbocycles. The molecule has 17 heavy (non-hydrogen) atoms. The number of hydrogen-bond acceptors (Lipinski definition) is 1. The Kier molecular flexibility index (Phi) is 5.31. The molecule has 0 aliphatic carbocycles. The van der Waals surface area contributed by atoms with Crippen LogP contribution in [0.2, 0.25) is 0 Å². The zero-order valence-electron chi connectivity index (χ0n) is 9.07. The van der Waals surface area contributed by atoms with Gasteiger partial charge in [0.1, 0.15) is 5.82 Å². The quantitative estimate of drug-likeness (QED) is 0.399. The van der Waals surface area contributed by atoms with Crippen LogP contribution in [0.5, 0.6) is 0 Å². The second-order valence-electron chi connectivity index (χ2n) is 3.44. The summed E-state index contributed by atoms with van der Waals surface area (Å²) in [6.07, 6.45) is -2.89. The lowest BCUT2D eigenvalue weighted by Gasteiger charge is -2.12. The highest BCUT2D eigenvalue weighted by molar-refractivity contribution is 9.10. The summed E-state index contributed by atoms with van der Waals surface area (Å²) in [5, 5.41) is 0. The SMILES string of the molecule is CCCCSc1c(Br)ccc(C(F)(F)F)c1F. The topological polar surface area (TPSA) is 0 Å². The Morgan fingerprint density at radius 1 is 1.29 bits per heavy atom. The minimum absolute atomic E-state index is 0.0354. The molecule has 0 amide bonds. The summed E-state index contributed by atoms with van der Waals surface area (Å²) in [6.45, 7) is 1.97. The average molecular weight is 331 g/mol. The summed E-state index contributed by atoms with van der Waals surface area (Å²) in [5.41, 5.74) is -1.21. The Hall–Kier alpha value is -0.230. The van der Waals surface area contributed by atoms with Gasteiger partial charge in [0.05, 0.1) is 10.5 Å². The lowest BCUT2D eigenvalue weighted by molar-refractivity contribution is -0.140. The first kappa shape index (κ1) is 14.8. The first-order chi connectivity index (χ1) is 7.88. The fraction of sp³-hybridized carbons (Fsp3) is 0.455. The Morgan fingerprint density at radius 2 is 1.94 bits per heavy atom. The van der Waals surface area contributed by atoms with E-state index in [1.54, 1.807) is 0 Å². The number of rotatable bonds is 4. The number of benzene rings is 1. The summed E-state index contributed by atoms with van der Waals surface area (Å²) in [7, 11) is 0. The molecule has 0 bridgehead atoms. The second kappa shape index (κ2) is 6.09. The molecule has 1 aromatic rings. The normalized spacial score (nSPS) is 11.9. The van der Waals surface area contributed by atoms with E-state index in [9.17, 15) is 17.6 Å². The van der Waals surface area contributed by atoms with Gasteiger partial charge in [-0.1, -0.05) is 13.3 Å². The van der Waals surface area contributed by atoms with Crippen molar-refractivity contribution < 1.29 is 17.6 Å². The van der Waals surface area contributed by atoms with Gasteiger partial charge in [0, 0.05) is 4.47 Å². The molecule has 0 aromatic heterocycles. The number of hydrogen-bond donors (Lipinski definition) is 0. The van der Waals surface area contributed by atoms with E-state index < -0.39 is 17.6 Å². The van der Waals surface area contributed by atoms with E-state index in [0.29, 0.717) is 10.2 Å². The number of unbranched alkanes of at least 4 members (excludes halogenated alkanes) is 1. The van der Waals surface area contributed by atoms with Crippen LogP contribution < -0.4 is 0 Å². The van der Waals surface area contributed by atoms with E-state index in [0.717, 1.165) is 30.7 Å². The van der Waals surface area contributed by atoms with Crippen LogP contribution in [-0.4, -0.2) is 5.75 Å². The molecule has 6 heteroatoms.